The van der Waals surface area contributed by atoms with Gasteiger partial charge in [-0.25, -0.2) is 10.2 Å². The number of fused-ring (bicyclic) bond motifs is 2. The van der Waals surface area contributed by atoms with Crippen molar-refractivity contribution in [3.63, 3.8) is 0 Å². The summed E-state index contributed by atoms with van der Waals surface area (Å²) in [7, 11) is 0. The number of hydrogen-bond donors (Lipinski definition) is 2. The van der Waals surface area contributed by atoms with Crippen molar-refractivity contribution in [1.82, 2.24) is 14.5 Å². The predicted octanol–water partition coefficient (Wildman–Crippen LogP) is 3.87. The van der Waals surface area contributed by atoms with Gasteiger partial charge in [0.1, 0.15) is 5.75 Å². The van der Waals surface area contributed by atoms with Crippen molar-refractivity contribution in [1.29, 1.82) is 0 Å². The predicted molar refractivity (Wildman–Crippen MR) is 113 cm³/mol. The van der Waals surface area contributed by atoms with Gasteiger partial charge in [0.2, 0.25) is 0 Å². The molecule has 1 fully saturated rings. The van der Waals surface area contributed by atoms with Crippen molar-refractivity contribution in [3.05, 3.63) is 29.5 Å². The summed E-state index contributed by atoms with van der Waals surface area (Å²) < 4.78 is 1.82. The van der Waals surface area contributed by atoms with Gasteiger partial charge >= 0.3 is 6.03 Å². The topological polar surface area (TPSA) is 60.7 Å². The summed E-state index contributed by atoms with van der Waals surface area (Å²) in [6.45, 7) is 9.82. The molecule has 1 aliphatic carbocycles. The third-order valence-corrected chi connectivity index (χ3v) is 6.50. The number of urea groups is 1. The molecule has 0 radical (unpaired) electrons. The second kappa shape index (κ2) is 7.66. The maximum absolute atomic E-state index is 12.6. The first-order chi connectivity index (χ1) is 13.6. The van der Waals surface area contributed by atoms with E-state index < -0.39 is 0 Å². The van der Waals surface area contributed by atoms with Crippen LogP contribution in [0.25, 0.3) is 10.9 Å². The van der Waals surface area contributed by atoms with Gasteiger partial charge in [0.05, 0.1) is 5.52 Å². The molecule has 2 amide bonds. The monoisotopic (exact) mass is 384 g/mol. The maximum atomic E-state index is 12.6. The molecule has 6 heteroatoms. The average Bonchev–Trinajstić information content (AvgIpc) is 3.01. The lowest BCUT2D eigenvalue weighted by molar-refractivity contribution is 0.124. The molecule has 2 aliphatic rings. The van der Waals surface area contributed by atoms with E-state index >= 15 is 0 Å². The molecule has 152 valence electrons. The van der Waals surface area contributed by atoms with E-state index in [9.17, 15) is 9.90 Å². The Labute approximate surface area is 167 Å². The first-order valence-corrected chi connectivity index (χ1v) is 10.7. The Morgan fingerprint density at radius 3 is 2.79 bits per heavy atom. The van der Waals surface area contributed by atoms with Crippen molar-refractivity contribution < 1.29 is 9.90 Å². The van der Waals surface area contributed by atoms with E-state index in [1.807, 2.05) is 24.6 Å². The number of aromatic hydroxyl groups is 1. The van der Waals surface area contributed by atoms with Gasteiger partial charge in [0.15, 0.2) is 0 Å². The van der Waals surface area contributed by atoms with Crippen molar-refractivity contribution in [2.24, 2.45) is 0 Å². The number of carbonyl (C=O) groups is 1. The van der Waals surface area contributed by atoms with E-state index in [4.69, 9.17) is 0 Å². The van der Waals surface area contributed by atoms with E-state index in [1.165, 1.54) is 29.4 Å². The Bertz CT molecular complexity index is 869. The Kier molecular flexibility index (Phi) is 5.23. The molecular formula is C22H32N4O2. The summed E-state index contributed by atoms with van der Waals surface area (Å²) in [5, 5.41) is 11.7. The highest BCUT2D eigenvalue weighted by molar-refractivity contribution is 5.93. The van der Waals surface area contributed by atoms with E-state index in [0.29, 0.717) is 25.0 Å². The number of nitrogens with one attached hydrogen (secondary N) is 1. The molecule has 2 N–H and O–H groups in total. The molecule has 0 spiro atoms. The van der Waals surface area contributed by atoms with Crippen molar-refractivity contribution in [2.75, 3.05) is 31.6 Å². The Balaban J connectivity index is 1.75. The molecular weight excluding hydrogens is 352 g/mol. The van der Waals surface area contributed by atoms with Crippen molar-refractivity contribution >= 4 is 16.9 Å². The molecule has 2 heterocycles. The molecule has 2 aromatic rings. The summed E-state index contributed by atoms with van der Waals surface area (Å²) in [5.74, 6) is 0.732. The van der Waals surface area contributed by atoms with E-state index in [2.05, 4.69) is 23.4 Å². The lowest BCUT2D eigenvalue weighted by Crippen LogP contribution is -2.46. The number of aromatic nitrogens is 1. The Morgan fingerprint density at radius 1 is 1.29 bits per heavy atom. The van der Waals surface area contributed by atoms with E-state index in [-0.39, 0.29) is 11.8 Å². The molecule has 4 rings (SSSR count). The number of benzene rings is 1. The minimum atomic E-state index is -0.109. The number of rotatable bonds is 5. The first kappa shape index (κ1) is 19.1. The largest absolute Gasteiger partial charge is 0.508 e. The quantitative estimate of drug-likeness (QED) is 0.823. The van der Waals surface area contributed by atoms with Crippen molar-refractivity contribution in [3.8, 4) is 5.75 Å². The van der Waals surface area contributed by atoms with Crippen LogP contribution in [0.2, 0.25) is 0 Å². The van der Waals surface area contributed by atoms with Crippen LogP contribution in [-0.2, 0) is 6.42 Å². The number of amides is 2. The highest BCUT2D eigenvalue weighted by Gasteiger charge is 2.38. The van der Waals surface area contributed by atoms with Gasteiger partial charge in [-0.2, -0.15) is 0 Å². The third-order valence-electron chi connectivity index (χ3n) is 6.50. The highest BCUT2D eigenvalue weighted by Crippen LogP contribution is 2.45. The Hall–Kier alpha value is -2.21. The zero-order valence-corrected chi connectivity index (χ0v) is 17.2. The number of phenols is 1. The fraction of sp³-hybridized carbons (Fsp3) is 0.591. The normalized spacial score (nSPS) is 21.5. The van der Waals surface area contributed by atoms with Crippen LogP contribution in [0.4, 0.5) is 4.79 Å². The number of carbonyl (C=O) groups excluding carboxylic acids is 1. The summed E-state index contributed by atoms with van der Waals surface area (Å²) in [5.41, 5.74) is 6.44. The molecule has 1 aromatic heterocycles. The molecule has 1 aromatic carbocycles. The van der Waals surface area contributed by atoms with Gasteiger partial charge in [-0.05, 0) is 69.8 Å². The zero-order chi connectivity index (χ0) is 19.8. The molecule has 2 atom stereocenters. The van der Waals surface area contributed by atoms with Gasteiger partial charge in [-0.3, -0.25) is 9.58 Å². The van der Waals surface area contributed by atoms with Crippen LogP contribution in [-0.4, -0.2) is 57.8 Å². The van der Waals surface area contributed by atoms with Crippen molar-refractivity contribution in [2.45, 2.75) is 58.4 Å². The summed E-state index contributed by atoms with van der Waals surface area (Å²) in [6, 6.07) is 4.11. The minimum absolute atomic E-state index is 0.109. The number of hydrogen-bond acceptors (Lipinski definition) is 3. The molecule has 0 saturated carbocycles. The molecule has 0 bridgehead atoms. The molecule has 0 unspecified atom stereocenters. The zero-order valence-electron chi connectivity index (χ0n) is 17.2. The molecule has 6 nitrogen and oxygen atoms in total. The molecule has 28 heavy (non-hydrogen) atoms. The number of likely N-dealkylation sites (tertiary alicyclic amines) is 1. The van der Waals surface area contributed by atoms with Gasteiger partial charge in [-0.15, -0.1) is 0 Å². The lowest BCUT2D eigenvalue weighted by atomic mass is 9.75. The summed E-state index contributed by atoms with van der Waals surface area (Å²) in [6.07, 6.45) is 6.59. The molecule has 1 saturated heterocycles. The van der Waals surface area contributed by atoms with Gasteiger partial charge in [0.25, 0.3) is 0 Å². The van der Waals surface area contributed by atoms with E-state index in [0.717, 1.165) is 31.4 Å². The number of nitrogens with zero attached hydrogens (tertiary/aromatic N) is 3. The Morgan fingerprint density at radius 2 is 2.07 bits per heavy atom. The minimum Gasteiger partial charge on any atom is -0.508 e. The van der Waals surface area contributed by atoms with Crippen LogP contribution in [0, 0.1) is 0 Å². The molecule has 1 aliphatic heterocycles. The van der Waals surface area contributed by atoms with Gasteiger partial charge in [-0.1, -0.05) is 6.92 Å². The third kappa shape index (κ3) is 3.13. The number of phenolic OH excluding ortho intramolecular Hbond substituents is 1. The summed E-state index contributed by atoms with van der Waals surface area (Å²) >= 11 is 0. The standard InChI is InChI=1S/C22H32N4O2/c1-4-9-25-10-7-8-17-18-12-16(27)13-20-21(18)15(11-19(17)25)14-26(20)23-22(28)24(5-2)6-3/h12-14,17,19,27H,4-11H2,1-3H3,(H,23,28)/t17-,19-/m1/s1. The van der Waals surface area contributed by atoms with Gasteiger partial charge in [0, 0.05) is 42.7 Å². The fourth-order valence-corrected chi connectivity index (χ4v) is 5.24. The first-order valence-electron chi connectivity index (χ1n) is 10.7. The second-order valence-corrected chi connectivity index (χ2v) is 8.10. The van der Waals surface area contributed by atoms with Gasteiger partial charge < -0.3 is 10.0 Å². The highest BCUT2D eigenvalue weighted by atomic mass is 16.3. The summed E-state index contributed by atoms with van der Waals surface area (Å²) in [4.78, 5) is 17.0. The van der Waals surface area contributed by atoms with Crippen LogP contribution in [0.5, 0.6) is 5.75 Å². The fourth-order valence-electron chi connectivity index (χ4n) is 5.24. The second-order valence-electron chi connectivity index (χ2n) is 8.10. The van der Waals surface area contributed by atoms with Crippen LogP contribution in [0.15, 0.2) is 18.3 Å². The van der Waals surface area contributed by atoms with Crippen LogP contribution >= 0.6 is 0 Å². The average molecular weight is 385 g/mol. The number of piperidine rings is 1. The van der Waals surface area contributed by atoms with E-state index in [1.54, 1.807) is 11.0 Å². The van der Waals surface area contributed by atoms with Crippen LogP contribution in [0.1, 0.15) is 57.1 Å². The SMILES string of the molecule is CCCN1CCC[C@@H]2c3cc(O)cc4c3c(cn4NC(=O)N(CC)CC)C[C@H]21. The smallest absolute Gasteiger partial charge is 0.336 e. The van der Waals surface area contributed by atoms with Crippen LogP contribution in [0.3, 0.4) is 0 Å². The maximum Gasteiger partial charge on any atom is 0.336 e. The lowest BCUT2D eigenvalue weighted by Gasteiger charge is -2.44. The van der Waals surface area contributed by atoms with Crippen LogP contribution < -0.4 is 5.43 Å².